The molecule has 1 aromatic carbocycles. The molecule has 8 heteroatoms. The first-order chi connectivity index (χ1) is 9.31. The summed E-state index contributed by atoms with van der Waals surface area (Å²) in [4.78, 5) is 22.2. The number of carbonyl (C=O) groups is 2. The molecule has 1 rings (SSSR count). The normalized spacial score (nSPS) is 12.8. The van der Waals surface area contributed by atoms with E-state index in [1.807, 2.05) is 4.72 Å². The molecule has 7 nitrogen and oxygen atoms in total. The standard InChI is InChI=1S/C12H15NO6S/c1-8(15)9-3-5-10(6-4-9)20(17,18)13-11(7-14)12(16)19-2/h3-6,11,13-14H,7H2,1-2H3. The third-order valence-corrected chi connectivity index (χ3v) is 4.02. The van der Waals surface area contributed by atoms with Gasteiger partial charge in [-0.15, -0.1) is 0 Å². The third-order valence-electron chi connectivity index (χ3n) is 2.54. The zero-order valence-electron chi connectivity index (χ0n) is 11.0. The summed E-state index contributed by atoms with van der Waals surface area (Å²) < 4.78 is 30.4. The minimum absolute atomic E-state index is 0.121. The largest absolute Gasteiger partial charge is 0.468 e. The Bertz CT molecular complexity index is 593. The van der Waals surface area contributed by atoms with Gasteiger partial charge in [-0.05, 0) is 19.1 Å². The summed E-state index contributed by atoms with van der Waals surface area (Å²) in [6.07, 6.45) is 0. The van der Waals surface area contributed by atoms with E-state index in [1.165, 1.54) is 31.2 Å². The first kappa shape index (κ1) is 16.3. The zero-order chi connectivity index (χ0) is 15.3. The van der Waals surface area contributed by atoms with Gasteiger partial charge < -0.3 is 9.84 Å². The van der Waals surface area contributed by atoms with Crippen LogP contribution in [0.5, 0.6) is 0 Å². The summed E-state index contributed by atoms with van der Waals surface area (Å²) in [5, 5.41) is 8.98. The quantitative estimate of drug-likeness (QED) is 0.551. The number of hydrogen-bond donors (Lipinski definition) is 2. The molecule has 0 aliphatic heterocycles. The Hall–Kier alpha value is -1.77. The summed E-state index contributed by atoms with van der Waals surface area (Å²) >= 11 is 0. The van der Waals surface area contributed by atoms with Crippen molar-refractivity contribution in [1.29, 1.82) is 0 Å². The average molecular weight is 301 g/mol. The molecular weight excluding hydrogens is 286 g/mol. The molecule has 0 saturated heterocycles. The van der Waals surface area contributed by atoms with E-state index in [9.17, 15) is 18.0 Å². The van der Waals surface area contributed by atoms with Gasteiger partial charge in [0, 0.05) is 5.56 Å². The van der Waals surface area contributed by atoms with E-state index in [1.54, 1.807) is 0 Å². The molecule has 0 fully saturated rings. The van der Waals surface area contributed by atoms with Crippen molar-refractivity contribution < 1.29 is 27.9 Å². The number of methoxy groups -OCH3 is 1. The Kier molecular flexibility index (Phi) is 5.37. The summed E-state index contributed by atoms with van der Waals surface area (Å²) in [6.45, 7) is 0.637. The molecule has 0 aliphatic rings. The van der Waals surface area contributed by atoms with E-state index in [0.717, 1.165) is 7.11 Å². The summed E-state index contributed by atoms with van der Waals surface area (Å²) in [5.41, 5.74) is 0.371. The molecule has 0 radical (unpaired) electrons. The van der Waals surface area contributed by atoms with Crippen molar-refractivity contribution in [3.8, 4) is 0 Å². The Morgan fingerprint density at radius 3 is 2.25 bits per heavy atom. The van der Waals surface area contributed by atoms with Crippen molar-refractivity contribution >= 4 is 21.8 Å². The van der Waals surface area contributed by atoms with Gasteiger partial charge >= 0.3 is 5.97 Å². The number of aliphatic hydroxyl groups is 1. The maximum atomic E-state index is 12.0. The molecule has 110 valence electrons. The van der Waals surface area contributed by atoms with E-state index >= 15 is 0 Å². The number of Topliss-reactive ketones (excluding diaryl/α,β-unsaturated/α-hetero) is 1. The highest BCUT2D eigenvalue weighted by molar-refractivity contribution is 7.89. The highest BCUT2D eigenvalue weighted by Crippen LogP contribution is 2.11. The van der Waals surface area contributed by atoms with Gasteiger partial charge in [0.15, 0.2) is 5.78 Å². The van der Waals surface area contributed by atoms with Crippen LogP contribution in [-0.4, -0.2) is 45.0 Å². The number of benzene rings is 1. The maximum Gasteiger partial charge on any atom is 0.326 e. The van der Waals surface area contributed by atoms with Crippen molar-refractivity contribution in [3.05, 3.63) is 29.8 Å². The van der Waals surface area contributed by atoms with Crippen molar-refractivity contribution in [2.75, 3.05) is 13.7 Å². The summed E-state index contributed by atoms with van der Waals surface area (Å²) in [5.74, 6) is -1.08. The van der Waals surface area contributed by atoms with E-state index in [4.69, 9.17) is 5.11 Å². The number of ketones is 1. The number of sulfonamides is 1. The Morgan fingerprint density at radius 2 is 1.85 bits per heavy atom. The lowest BCUT2D eigenvalue weighted by atomic mass is 10.2. The van der Waals surface area contributed by atoms with Crippen molar-refractivity contribution in [1.82, 2.24) is 4.72 Å². The van der Waals surface area contributed by atoms with Crippen LogP contribution in [0.1, 0.15) is 17.3 Å². The number of nitrogens with one attached hydrogen (secondary N) is 1. The number of hydrogen-bond acceptors (Lipinski definition) is 6. The van der Waals surface area contributed by atoms with Gasteiger partial charge in [-0.3, -0.25) is 9.59 Å². The minimum atomic E-state index is -3.99. The molecule has 0 heterocycles. The maximum absolute atomic E-state index is 12.0. The van der Waals surface area contributed by atoms with Crippen LogP contribution in [0.15, 0.2) is 29.2 Å². The molecule has 0 saturated carbocycles. The van der Waals surface area contributed by atoms with E-state index < -0.39 is 28.6 Å². The van der Waals surface area contributed by atoms with Crippen LogP contribution in [0.3, 0.4) is 0 Å². The van der Waals surface area contributed by atoms with Crippen molar-refractivity contribution in [2.45, 2.75) is 17.9 Å². The summed E-state index contributed by atoms with van der Waals surface area (Å²) in [6, 6.07) is 3.83. The van der Waals surface area contributed by atoms with Crippen molar-refractivity contribution in [2.24, 2.45) is 0 Å². The van der Waals surface area contributed by atoms with Gasteiger partial charge in [-0.25, -0.2) is 8.42 Å². The highest BCUT2D eigenvalue weighted by atomic mass is 32.2. The molecule has 0 amide bonds. The zero-order valence-corrected chi connectivity index (χ0v) is 11.8. The molecule has 1 atom stereocenters. The van der Waals surface area contributed by atoms with E-state index in [0.29, 0.717) is 5.56 Å². The molecule has 0 aliphatic carbocycles. The summed E-state index contributed by atoms with van der Waals surface area (Å²) in [7, 11) is -2.91. The highest BCUT2D eigenvalue weighted by Gasteiger charge is 2.25. The number of aliphatic hydroxyl groups excluding tert-OH is 1. The lowest BCUT2D eigenvalue weighted by Gasteiger charge is -2.14. The fourth-order valence-corrected chi connectivity index (χ4v) is 2.60. The fraction of sp³-hybridized carbons (Fsp3) is 0.333. The SMILES string of the molecule is COC(=O)C(CO)NS(=O)(=O)c1ccc(C(C)=O)cc1. The molecule has 20 heavy (non-hydrogen) atoms. The van der Waals surface area contributed by atoms with Gasteiger partial charge in [0.05, 0.1) is 18.6 Å². The second kappa shape index (κ2) is 6.60. The molecule has 1 aromatic rings. The van der Waals surface area contributed by atoms with Crippen LogP contribution in [0.4, 0.5) is 0 Å². The lowest BCUT2D eigenvalue weighted by Crippen LogP contribution is -2.43. The topological polar surface area (TPSA) is 110 Å². The second-order valence-electron chi connectivity index (χ2n) is 3.96. The van der Waals surface area contributed by atoms with Gasteiger partial charge in [-0.2, -0.15) is 4.72 Å². The predicted octanol–water partition coefficient (Wildman–Crippen LogP) is -0.299. The average Bonchev–Trinajstić information content (AvgIpc) is 2.44. The second-order valence-corrected chi connectivity index (χ2v) is 5.67. The number of esters is 1. The van der Waals surface area contributed by atoms with E-state index in [-0.39, 0.29) is 10.7 Å². The number of rotatable bonds is 6. The molecular formula is C12H15NO6S. The van der Waals surface area contributed by atoms with Gasteiger partial charge in [-0.1, -0.05) is 12.1 Å². The van der Waals surface area contributed by atoms with Crippen LogP contribution >= 0.6 is 0 Å². The first-order valence-electron chi connectivity index (χ1n) is 5.64. The third kappa shape index (κ3) is 3.86. The van der Waals surface area contributed by atoms with Crippen LogP contribution in [0, 0.1) is 0 Å². The minimum Gasteiger partial charge on any atom is -0.468 e. The van der Waals surface area contributed by atoms with Gasteiger partial charge in [0.25, 0.3) is 0 Å². The van der Waals surface area contributed by atoms with Gasteiger partial charge in [0.2, 0.25) is 10.0 Å². The molecule has 0 bridgehead atoms. The molecule has 2 N–H and O–H groups in total. The lowest BCUT2D eigenvalue weighted by molar-refractivity contribution is -0.143. The van der Waals surface area contributed by atoms with Crippen LogP contribution in [0.2, 0.25) is 0 Å². The Balaban J connectivity index is 2.98. The Morgan fingerprint density at radius 1 is 1.30 bits per heavy atom. The molecule has 0 aromatic heterocycles. The fourth-order valence-electron chi connectivity index (χ4n) is 1.43. The Labute approximate surface area is 116 Å². The molecule has 0 spiro atoms. The monoisotopic (exact) mass is 301 g/mol. The molecule has 1 unspecified atom stereocenters. The van der Waals surface area contributed by atoms with Crippen LogP contribution < -0.4 is 4.72 Å². The van der Waals surface area contributed by atoms with E-state index in [2.05, 4.69) is 4.74 Å². The van der Waals surface area contributed by atoms with Crippen LogP contribution in [-0.2, 0) is 19.6 Å². The van der Waals surface area contributed by atoms with Gasteiger partial charge in [0.1, 0.15) is 6.04 Å². The smallest absolute Gasteiger partial charge is 0.326 e. The number of carbonyl (C=O) groups excluding carboxylic acids is 2. The number of ether oxygens (including phenoxy) is 1. The predicted molar refractivity (Wildman–Crippen MR) is 69.7 cm³/mol. The van der Waals surface area contributed by atoms with Crippen LogP contribution in [0.25, 0.3) is 0 Å². The van der Waals surface area contributed by atoms with Crippen molar-refractivity contribution in [3.63, 3.8) is 0 Å². The first-order valence-corrected chi connectivity index (χ1v) is 7.12.